The highest BCUT2D eigenvalue weighted by Crippen LogP contribution is 2.16. The topological polar surface area (TPSA) is 18.5 Å². The Balaban J connectivity index is 2.35. The summed E-state index contributed by atoms with van der Waals surface area (Å²) in [6.07, 6.45) is 1.30. The van der Waals surface area contributed by atoms with Crippen LogP contribution in [-0.4, -0.2) is 61.7 Å². The normalized spacial score (nSPS) is 19.2. The first-order valence-electron chi connectivity index (χ1n) is 7.06. The molecule has 1 aliphatic heterocycles. The van der Waals surface area contributed by atoms with Crippen molar-refractivity contribution in [1.29, 1.82) is 0 Å². The third-order valence-corrected chi connectivity index (χ3v) is 3.72. The standard InChI is InChI=1S/C14H31N3/c1-13(2)6-9-16(5)12-14(3,4)17-10-7-15-8-11-17/h13,15H,6-12H2,1-5H3. The second kappa shape index (κ2) is 6.72. The summed E-state index contributed by atoms with van der Waals surface area (Å²) in [5.41, 5.74) is 0.299. The minimum Gasteiger partial charge on any atom is -0.314 e. The van der Waals surface area contributed by atoms with Gasteiger partial charge in [-0.15, -0.1) is 0 Å². The zero-order valence-corrected chi connectivity index (χ0v) is 12.4. The summed E-state index contributed by atoms with van der Waals surface area (Å²) in [5.74, 6) is 0.805. The van der Waals surface area contributed by atoms with Crippen molar-refractivity contribution in [1.82, 2.24) is 15.1 Å². The average Bonchev–Trinajstić information content (AvgIpc) is 2.27. The Bertz CT molecular complexity index is 208. The molecule has 0 aromatic rings. The fraction of sp³-hybridized carbons (Fsp3) is 1.00. The molecule has 1 heterocycles. The zero-order chi connectivity index (χ0) is 12.9. The molecule has 3 nitrogen and oxygen atoms in total. The first-order valence-corrected chi connectivity index (χ1v) is 7.06. The van der Waals surface area contributed by atoms with Gasteiger partial charge in [-0.1, -0.05) is 13.8 Å². The number of likely N-dealkylation sites (N-methyl/N-ethyl adjacent to an activating group) is 1. The highest BCUT2D eigenvalue weighted by Gasteiger charge is 2.28. The second-order valence-corrected chi connectivity index (χ2v) is 6.47. The molecule has 0 unspecified atom stereocenters. The van der Waals surface area contributed by atoms with Gasteiger partial charge in [-0.2, -0.15) is 0 Å². The molecule has 1 fully saturated rings. The van der Waals surface area contributed by atoms with Gasteiger partial charge in [-0.3, -0.25) is 4.90 Å². The third-order valence-electron chi connectivity index (χ3n) is 3.72. The van der Waals surface area contributed by atoms with E-state index in [4.69, 9.17) is 0 Å². The molecule has 1 aliphatic rings. The summed E-state index contributed by atoms with van der Waals surface area (Å²) in [6.45, 7) is 16.4. The Morgan fingerprint density at radius 3 is 2.35 bits per heavy atom. The van der Waals surface area contributed by atoms with Crippen LogP contribution < -0.4 is 5.32 Å². The lowest BCUT2D eigenvalue weighted by Crippen LogP contribution is -2.57. The molecule has 0 amide bonds. The van der Waals surface area contributed by atoms with E-state index in [2.05, 4.69) is 49.9 Å². The maximum Gasteiger partial charge on any atom is 0.0281 e. The van der Waals surface area contributed by atoms with E-state index in [0.717, 1.165) is 19.0 Å². The van der Waals surface area contributed by atoms with Crippen LogP contribution >= 0.6 is 0 Å². The molecule has 0 atom stereocenters. The molecular formula is C14H31N3. The fourth-order valence-corrected chi connectivity index (χ4v) is 2.59. The van der Waals surface area contributed by atoms with Crippen molar-refractivity contribution in [2.45, 2.75) is 39.7 Å². The van der Waals surface area contributed by atoms with Gasteiger partial charge in [0.2, 0.25) is 0 Å². The van der Waals surface area contributed by atoms with Crippen molar-refractivity contribution < 1.29 is 0 Å². The Hall–Kier alpha value is -0.120. The van der Waals surface area contributed by atoms with Gasteiger partial charge in [0.05, 0.1) is 0 Å². The van der Waals surface area contributed by atoms with Crippen molar-refractivity contribution in [3.05, 3.63) is 0 Å². The van der Waals surface area contributed by atoms with Crippen molar-refractivity contribution in [3.63, 3.8) is 0 Å². The van der Waals surface area contributed by atoms with Crippen molar-refractivity contribution in [2.75, 3.05) is 46.3 Å². The van der Waals surface area contributed by atoms with Crippen molar-refractivity contribution in [3.8, 4) is 0 Å². The molecule has 0 spiro atoms. The number of nitrogens with zero attached hydrogens (tertiary/aromatic N) is 2. The smallest absolute Gasteiger partial charge is 0.0281 e. The number of hydrogen-bond donors (Lipinski definition) is 1. The summed E-state index contributed by atoms with van der Waals surface area (Å²) in [7, 11) is 2.26. The van der Waals surface area contributed by atoms with Crippen LogP contribution in [0.25, 0.3) is 0 Å². The number of rotatable bonds is 6. The molecule has 102 valence electrons. The predicted octanol–water partition coefficient (Wildman–Crippen LogP) is 1.65. The Morgan fingerprint density at radius 2 is 1.82 bits per heavy atom. The highest BCUT2D eigenvalue weighted by molar-refractivity contribution is 4.87. The Morgan fingerprint density at radius 1 is 1.24 bits per heavy atom. The first-order chi connectivity index (χ1) is 7.92. The van der Waals surface area contributed by atoms with E-state index in [9.17, 15) is 0 Å². The van der Waals surface area contributed by atoms with Crippen LogP contribution in [0.4, 0.5) is 0 Å². The molecule has 0 aromatic heterocycles. The van der Waals surface area contributed by atoms with Gasteiger partial charge < -0.3 is 10.2 Å². The molecule has 1 N–H and O–H groups in total. The van der Waals surface area contributed by atoms with Crippen LogP contribution in [0.3, 0.4) is 0 Å². The van der Waals surface area contributed by atoms with Gasteiger partial charge in [0.25, 0.3) is 0 Å². The van der Waals surface area contributed by atoms with Gasteiger partial charge >= 0.3 is 0 Å². The number of hydrogen-bond acceptors (Lipinski definition) is 3. The summed E-state index contributed by atoms with van der Waals surface area (Å²) < 4.78 is 0. The van der Waals surface area contributed by atoms with Crippen LogP contribution in [0, 0.1) is 5.92 Å². The summed E-state index contributed by atoms with van der Waals surface area (Å²) in [6, 6.07) is 0. The lowest BCUT2D eigenvalue weighted by molar-refractivity contribution is 0.0701. The minimum absolute atomic E-state index is 0.299. The molecule has 1 saturated heterocycles. The quantitative estimate of drug-likeness (QED) is 0.763. The Kier molecular flexibility index (Phi) is 5.90. The molecule has 3 heteroatoms. The van der Waals surface area contributed by atoms with E-state index < -0.39 is 0 Å². The summed E-state index contributed by atoms with van der Waals surface area (Å²) in [4.78, 5) is 5.11. The van der Waals surface area contributed by atoms with Crippen LogP contribution in [0.2, 0.25) is 0 Å². The number of nitrogens with one attached hydrogen (secondary N) is 1. The maximum absolute atomic E-state index is 3.42. The van der Waals surface area contributed by atoms with E-state index in [1.807, 2.05) is 0 Å². The van der Waals surface area contributed by atoms with Crippen LogP contribution in [0.5, 0.6) is 0 Å². The van der Waals surface area contributed by atoms with Gasteiger partial charge in [0.15, 0.2) is 0 Å². The molecule has 0 radical (unpaired) electrons. The number of piperazine rings is 1. The van der Waals surface area contributed by atoms with Crippen molar-refractivity contribution in [2.24, 2.45) is 5.92 Å². The molecule has 0 saturated carbocycles. The van der Waals surface area contributed by atoms with E-state index >= 15 is 0 Å². The van der Waals surface area contributed by atoms with Gasteiger partial charge in [0.1, 0.15) is 0 Å². The van der Waals surface area contributed by atoms with Crippen molar-refractivity contribution >= 4 is 0 Å². The minimum atomic E-state index is 0.299. The molecule has 0 aromatic carbocycles. The third kappa shape index (κ3) is 5.36. The largest absolute Gasteiger partial charge is 0.314 e. The molecule has 17 heavy (non-hydrogen) atoms. The molecule has 1 rings (SSSR count). The van der Waals surface area contributed by atoms with Gasteiger partial charge in [0, 0.05) is 38.3 Å². The van der Waals surface area contributed by atoms with E-state index in [0.29, 0.717) is 5.54 Å². The zero-order valence-electron chi connectivity index (χ0n) is 12.4. The van der Waals surface area contributed by atoms with E-state index in [1.54, 1.807) is 0 Å². The van der Waals surface area contributed by atoms with Gasteiger partial charge in [-0.25, -0.2) is 0 Å². The lowest BCUT2D eigenvalue weighted by Gasteiger charge is -2.43. The van der Waals surface area contributed by atoms with Crippen LogP contribution in [-0.2, 0) is 0 Å². The summed E-state index contributed by atoms with van der Waals surface area (Å²) >= 11 is 0. The predicted molar refractivity (Wildman–Crippen MR) is 75.5 cm³/mol. The van der Waals surface area contributed by atoms with Gasteiger partial charge in [-0.05, 0) is 39.8 Å². The SMILES string of the molecule is CC(C)CCN(C)CC(C)(C)N1CCNCC1. The molecular weight excluding hydrogens is 210 g/mol. The fourth-order valence-electron chi connectivity index (χ4n) is 2.59. The molecule has 0 aliphatic carbocycles. The monoisotopic (exact) mass is 241 g/mol. The molecule has 0 bridgehead atoms. The van der Waals surface area contributed by atoms with E-state index in [-0.39, 0.29) is 0 Å². The van der Waals surface area contributed by atoms with Crippen LogP contribution in [0.1, 0.15) is 34.1 Å². The first kappa shape index (κ1) is 14.9. The average molecular weight is 241 g/mol. The second-order valence-electron chi connectivity index (χ2n) is 6.47. The summed E-state index contributed by atoms with van der Waals surface area (Å²) in [5, 5.41) is 3.42. The van der Waals surface area contributed by atoms with Crippen LogP contribution in [0.15, 0.2) is 0 Å². The highest BCUT2D eigenvalue weighted by atomic mass is 15.3. The maximum atomic E-state index is 3.42. The Labute approximate surface area is 108 Å². The van der Waals surface area contributed by atoms with E-state index in [1.165, 1.54) is 32.6 Å². The lowest BCUT2D eigenvalue weighted by atomic mass is 10.0.